The van der Waals surface area contributed by atoms with Crippen LogP contribution in [0, 0.1) is 0 Å². The minimum absolute atomic E-state index is 0.358. The molecule has 1 aliphatic rings. The maximum absolute atomic E-state index is 4.67. The third-order valence-electron chi connectivity index (χ3n) is 4.50. The lowest BCUT2D eigenvalue weighted by Gasteiger charge is -2.31. The Labute approximate surface area is 123 Å². The molecule has 0 aromatic carbocycles. The van der Waals surface area contributed by atoms with Gasteiger partial charge in [0.25, 0.3) is 0 Å². The zero-order valence-electron chi connectivity index (χ0n) is 13.2. The molecule has 0 aliphatic heterocycles. The molecule has 1 aromatic rings. The van der Waals surface area contributed by atoms with Crippen molar-refractivity contribution in [3.63, 3.8) is 0 Å². The van der Waals surface area contributed by atoms with Crippen molar-refractivity contribution in [3.8, 4) is 0 Å². The molecule has 3 nitrogen and oxygen atoms in total. The number of rotatable bonds is 5. The van der Waals surface area contributed by atoms with Crippen molar-refractivity contribution in [2.24, 2.45) is 0 Å². The molecule has 1 heterocycles. The summed E-state index contributed by atoms with van der Waals surface area (Å²) in [5, 5.41) is 3.51. The minimum Gasteiger partial charge on any atom is -0.356 e. The van der Waals surface area contributed by atoms with Crippen molar-refractivity contribution in [1.29, 1.82) is 0 Å². The van der Waals surface area contributed by atoms with Gasteiger partial charge in [-0.2, -0.15) is 0 Å². The molecule has 0 amide bonds. The van der Waals surface area contributed by atoms with Gasteiger partial charge in [0.05, 0.1) is 0 Å². The summed E-state index contributed by atoms with van der Waals surface area (Å²) in [5.74, 6) is 1.16. The van der Waals surface area contributed by atoms with Crippen molar-refractivity contribution >= 4 is 5.82 Å². The molecule has 1 aromatic heterocycles. The SMILES string of the molecule is CCNC(C)c1cccnc1N(C)C1CCCCCC1. The minimum atomic E-state index is 0.358. The first-order valence-corrected chi connectivity index (χ1v) is 8.15. The molecule has 1 atom stereocenters. The van der Waals surface area contributed by atoms with Crippen LogP contribution in [0.25, 0.3) is 0 Å². The second-order valence-electron chi connectivity index (χ2n) is 5.95. The summed E-state index contributed by atoms with van der Waals surface area (Å²) >= 11 is 0. The highest BCUT2D eigenvalue weighted by Crippen LogP contribution is 2.29. The van der Waals surface area contributed by atoms with Gasteiger partial charge < -0.3 is 10.2 Å². The Balaban J connectivity index is 2.17. The van der Waals surface area contributed by atoms with E-state index in [-0.39, 0.29) is 0 Å². The molecule has 20 heavy (non-hydrogen) atoms. The molecular weight excluding hydrogens is 246 g/mol. The maximum atomic E-state index is 4.67. The van der Waals surface area contributed by atoms with E-state index < -0.39 is 0 Å². The van der Waals surface area contributed by atoms with Gasteiger partial charge in [0.2, 0.25) is 0 Å². The largest absolute Gasteiger partial charge is 0.356 e. The summed E-state index contributed by atoms with van der Waals surface area (Å²) in [6.45, 7) is 5.37. The zero-order valence-corrected chi connectivity index (χ0v) is 13.2. The Morgan fingerprint density at radius 3 is 2.65 bits per heavy atom. The van der Waals surface area contributed by atoms with Crippen LogP contribution in [0.15, 0.2) is 18.3 Å². The van der Waals surface area contributed by atoms with Crippen molar-refractivity contribution in [3.05, 3.63) is 23.9 Å². The normalized spacial score (nSPS) is 18.6. The highest BCUT2D eigenvalue weighted by molar-refractivity contribution is 5.48. The van der Waals surface area contributed by atoms with E-state index in [4.69, 9.17) is 0 Å². The van der Waals surface area contributed by atoms with E-state index in [1.54, 1.807) is 0 Å². The molecule has 0 spiro atoms. The average molecular weight is 275 g/mol. The van der Waals surface area contributed by atoms with Crippen LogP contribution in [0.1, 0.15) is 64.0 Å². The fourth-order valence-corrected chi connectivity index (χ4v) is 3.28. The fourth-order valence-electron chi connectivity index (χ4n) is 3.28. The monoisotopic (exact) mass is 275 g/mol. The summed E-state index contributed by atoms with van der Waals surface area (Å²) in [6.07, 6.45) is 10.1. The summed E-state index contributed by atoms with van der Waals surface area (Å²) in [5.41, 5.74) is 1.32. The van der Waals surface area contributed by atoms with Crippen LogP contribution < -0.4 is 10.2 Å². The first-order chi connectivity index (χ1) is 9.74. The number of aromatic nitrogens is 1. The van der Waals surface area contributed by atoms with E-state index in [9.17, 15) is 0 Å². The van der Waals surface area contributed by atoms with Crippen LogP contribution >= 0.6 is 0 Å². The molecule has 0 bridgehead atoms. The Hall–Kier alpha value is -1.09. The fraction of sp³-hybridized carbons (Fsp3) is 0.706. The van der Waals surface area contributed by atoms with Gasteiger partial charge in [-0.15, -0.1) is 0 Å². The lowest BCUT2D eigenvalue weighted by molar-refractivity contribution is 0.539. The van der Waals surface area contributed by atoms with Crippen molar-refractivity contribution in [2.45, 2.75) is 64.5 Å². The third-order valence-corrected chi connectivity index (χ3v) is 4.50. The first-order valence-electron chi connectivity index (χ1n) is 8.15. The Bertz CT molecular complexity index is 397. The van der Waals surface area contributed by atoms with Crippen LogP contribution in [0.2, 0.25) is 0 Å². The Kier molecular flexibility index (Phi) is 5.84. The van der Waals surface area contributed by atoms with Gasteiger partial charge in [-0.1, -0.05) is 38.7 Å². The molecule has 3 heteroatoms. The number of pyridine rings is 1. The summed E-state index contributed by atoms with van der Waals surface area (Å²) < 4.78 is 0. The molecule has 1 saturated carbocycles. The van der Waals surface area contributed by atoms with Gasteiger partial charge in [-0.25, -0.2) is 4.98 Å². The summed E-state index contributed by atoms with van der Waals surface area (Å²) in [4.78, 5) is 7.10. The van der Waals surface area contributed by atoms with Gasteiger partial charge in [-0.05, 0) is 32.4 Å². The molecule has 0 saturated heterocycles. The predicted molar refractivity (Wildman–Crippen MR) is 86.2 cm³/mol. The van der Waals surface area contributed by atoms with E-state index >= 15 is 0 Å². The number of nitrogens with one attached hydrogen (secondary N) is 1. The number of anilines is 1. The van der Waals surface area contributed by atoms with Gasteiger partial charge in [0.1, 0.15) is 5.82 Å². The summed E-state index contributed by atoms with van der Waals surface area (Å²) in [6, 6.07) is 5.27. The zero-order chi connectivity index (χ0) is 14.4. The van der Waals surface area contributed by atoms with Crippen LogP contribution in [0.4, 0.5) is 5.82 Å². The molecule has 2 rings (SSSR count). The van der Waals surface area contributed by atoms with Gasteiger partial charge in [0.15, 0.2) is 0 Å². The van der Waals surface area contributed by atoms with Crippen LogP contribution in [0.3, 0.4) is 0 Å². The standard InChI is InChI=1S/C17H29N3/c1-4-18-14(2)16-12-9-13-19-17(16)20(3)15-10-7-5-6-8-11-15/h9,12-15,18H,4-8,10-11H2,1-3H3. The molecule has 1 unspecified atom stereocenters. The Morgan fingerprint density at radius 1 is 1.30 bits per heavy atom. The topological polar surface area (TPSA) is 28.2 Å². The van der Waals surface area contributed by atoms with Crippen molar-refractivity contribution < 1.29 is 0 Å². The van der Waals surface area contributed by atoms with E-state index in [2.05, 4.69) is 42.2 Å². The smallest absolute Gasteiger partial charge is 0.133 e. The number of nitrogens with zero attached hydrogens (tertiary/aromatic N) is 2. The molecular formula is C17H29N3. The highest BCUT2D eigenvalue weighted by Gasteiger charge is 2.21. The predicted octanol–water partition coefficient (Wildman–Crippen LogP) is 3.91. The quantitative estimate of drug-likeness (QED) is 0.826. The lowest BCUT2D eigenvalue weighted by Crippen LogP contribution is -2.33. The molecule has 1 fully saturated rings. The first kappa shape index (κ1) is 15.3. The van der Waals surface area contributed by atoms with E-state index in [0.717, 1.165) is 12.4 Å². The molecule has 1 aliphatic carbocycles. The average Bonchev–Trinajstić information content (AvgIpc) is 2.76. The van der Waals surface area contributed by atoms with Crippen LogP contribution in [-0.4, -0.2) is 24.6 Å². The second kappa shape index (κ2) is 7.63. The van der Waals surface area contributed by atoms with Gasteiger partial charge >= 0.3 is 0 Å². The van der Waals surface area contributed by atoms with Gasteiger partial charge in [0, 0.05) is 30.9 Å². The van der Waals surface area contributed by atoms with Crippen molar-refractivity contribution in [1.82, 2.24) is 10.3 Å². The molecule has 112 valence electrons. The van der Waals surface area contributed by atoms with Crippen LogP contribution in [0.5, 0.6) is 0 Å². The highest BCUT2D eigenvalue weighted by atomic mass is 15.2. The summed E-state index contributed by atoms with van der Waals surface area (Å²) in [7, 11) is 2.22. The number of hydrogen-bond donors (Lipinski definition) is 1. The van der Waals surface area contributed by atoms with Crippen molar-refractivity contribution in [2.75, 3.05) is 18.5 Å². The second-order valence-corrected chi connectivity index (χ2v) is 5.95. The molecule has 0 radical (unpaired) electrons. The number of hydrogen-bond acceptors (Lipinski definition) is 3. The molecule has 1 N–H and O–H groups in total. The Morgan fingerprint density at radius 2 is 2.00 bits per heavy atom. The van der Waals surface area contributed by atoms with E-state index in [1.807, 2.05) is 12.3 Å². The van der Waals surface area contributed by atoms with E-state index in [0.29, 0.717) is 12.1 Å². The third kappa shape index (κ3) is 3.72. The van der Waals surface area contributed by atoms with Crippen LogP contribution in [-0.2, 0) is 0 Å². The maximum Gasteiger partial charge on any atom is 0.133 e. The van der Waals surface area contributed by atoms with Gasteiger partial charge in [-0.3, -0.25) is 0 Å². The van der Waals surface area contributed by atoms with E-state index in [1.165, 1.54) is 44.1 Å². The lowest BCUT2D eigenvalue weighted by atomic mass is 10.0.